The molecule has 0 aromatic carbocycles. The van der Waals surface area contributed by atoms with Gasteiger partial charge in [0, 0.05) is 6.61 Å². The average Bonchev–Trinajstić information content (AvgIpc) is 2.84. The van der Waals surface area contributed by atoms with E-state index in [1.54, 1.807) is 0 Å². The fourth-order valence-electron chi connectivity index (χ4n) is 1.20. The monoisotopic (exact) mass is 241 g/mol. The van der Waals surface area contributed by atoms with Crippen molar-refractivity contribution in [3.63, 3.8) is 0 Å². The Kier molecular flexibility index (Phi) is 4.33. The van der Waals surface area contributed by atoms with E-state index in [9.17, 15) is 13.2 Å². The lowest BCUT2D eigenvalue weighted by Crippen LogP contribution is -2.38. The number of rotatable bonds is 6. The minimum absolute atomic E-state index is 0.361. The number of nitrogens with two attached hydrogens (primary N) is 1. The van der Waals surface area contributed by atoms with Crippen LogP contribution in [0.4, 0.5) is 13.2 Å². The third-order valence-electron chi connectivity index (χ3n) is 2.39. The Morgan fingerprint density at radius 2 is 2.07 bits per heavy atom. The first kappa shape index (κ1) is 12.7. The van der Waals surface area contributed by atoms with Gasteiger partial charge in [0.1, 0.15) is 5.92 Å². The number of alkyl halides is 3. The van der Waals surface area contributed by atoms with Crippen LogP contribution < -0.4 is 5.73 Å². The molecular formula is C9H14F3NOS. The zero-order chi connectivity index (χ0) is 11.5. The van der Waals surface area contributed by atoms with Gasteiger partial charge in [-0.25, -0.2) is 0 Å². The number of halogens is 3. The topological polar surface area (TPSA) is 35.2 Å². The molecule has 2 N–H and O–H groups in total. The third-order valence-corrected chi connectivity index (χ3v) is 2.67. The lowest BCUT2D eigenvalue weighted by Gasteiger charge is -2.18. The summed E-state index contributed by atoms with van der Waals surface area (Å²) in [6, 6.07) is 0. The van der Waals surface area contributed by atoms with E-state index in [1.807, 2.05) is 0 Å². The van der Waals surface area contributed by atoms with Crippen LogP contribution >= 0.6 is 12.2 Å². The Labute approximate surface area is 92.0 Å². The van der Waals surface area contributed by atoms with E-state index in [0.29, 0.717) is 12.5 Å². The van der Waals surface area contributed by atoms with E-state index < -0.39 is 23.7 Å². The highest BCUT2D eigenvalue weighted by molar-refractivity contribution is 7.80. The van der Waals surface area contributed by atoms with Gasteiger partial charge in [-0.15, -0.1) is 0 Å². The van der Waals surface area contributed by atoms with Gasteiger partial charge in [0.15, 0.2) is 0 Å². The minimum atomic E-state index is -4.40. The maximum atomic E-state index is 12.3. The Bertz CT molecular complexity index is 228. The van der Waals surface area contributed by atoms with Gasteiger partial charge in [-0.05, 0) is 12.3 Å². The molecule has 88 valence electrons. The van der Waals surface area contributed by atoms with Crippen molar-refractivity contribution in [2.75, 3.05) is 13.2 Å². The Morgan fingerprint density at radius 1 is 1.47 bits per heavy atom. The fourth-order valence-corrected chi connectivity index (χ4v) is 1.40. The van der Waals surface area contributed by atoms with Crippen molar-refractivity contribution in [3.05, 3.63) is 0 Å². The summed E-state index contributed by atoms with van der Waals surface area (Å²) in [5, 5.41) is 0. The molecule has 2 nitrogen and oxygen atoms in total. The van der Waals surface area contributed by atoms with Crippen LogP contribution in [0.3, 0.4) is 0 Å². The molecule has 1 atom stereocenters. The number of hydrogen-bond donors (Lipinski definition) is 1. The second kappa shape index (κ2) is 5.12. The summed E-state index contributed by atoms with van der Waals surface area (Å²) in [5.41, 5.74) is 5.01. The van der Waals surface area contributed by atoms with E-state index in [2.05, 4.69) is 12.2 Å². The predicted molar refractivity (Wildman–Crippen MR) is 54.5 cm³/mol. The Hall–Kier alpha value is -0.360. The summed E-state index contributed by atoms with van der Waals surface area (Å²) in [5.74, 6) is -1.16. The van der Waals surface area contributed by atoms with Crippen molar-refractivity contribution >= 4 is 17.2 Å². The summed E-state index contributed by atoms with van der Waals surface area (Å²) >= 11 is 4.36. The van der Waals surface area contributed by atoms with E-state index >= 15 is 0 Å². The molecule has 0 amide bonds. The normalized spacial score (nSPS) is 18.9. The highest BCUT2D eigenvalue weighted by atomic mass is 32.1. The molecule has 1 unspecified atom stereocenters. The van der Waals surface area contributed by atoms with Gasteiger partial charge in [-0.3, -0.25) is 0 Å². The molecule has 15 heavy (non-hydrogen) atoms. The number of ether oxygens (including phenoxy) is 1. The van der Waals surface area contributed by atoms with Crippen LogP contribution in [0.2, 0.25) is 0 Å². The molecule has 0 radical (unpaired) electrons. The molecule has 0 spiro atoms. The van der Waals surface area contributed by atoms with Crippen LogP contribution in [-0.2, 0) is 4.74 Å². The second-order valence-electron chi connectivity index (χ2n) is 3.80. The summed E-state index contributed by atoms with van der Waals surface area (Å²) in [4.78, 5) is -0.547. The summed E-state index contributed by atoms with van der Waals surface area (Å²) in [6.45, 7) is -0.0919. The standard InChI is InChI=1S/C9H14F3NOS/c10-9(11,12)7(8(13)15)5-14-4-3-6-1-2-6/h6-7H,1-5H2,(H2,13,15). The highest BCUT2D eigenvalue weighted by Gasteiger charge is 2.41. The predicted octanol–water partition coefficient (Wildman–Crippen LogP) is 2.27. The van der Waals surface area contributed by atoms with E-state index in [4.69, 9.17) is 10.5 Å². The van der Waals surface area contributed by atoms with Crippen LogP contribution in [0.5, 0.6) is 0 Å². The van der Waals surface area contributed by atoms with Gasteiger partial charge in [-0.2, -0.15) is 13.2 Å². The maximum absolute atomic E-state index is 12.3. The zero-order valence-corrected chi connectivity index (χ0v) is 9.03. The maximum Gasteiger partial charge on any atom is 0.400 e. The Balaban J connectivity index is 2.21. The molecule has 0 saturated heterocycles. The van der Waals surface area contributed by atoms with Gasteiger partial charge in [0.2, 0.25) is 0 Å². The third kappa shape index (κ3) is 4.79. The van der Waals surface area contributed by atoms with Crippen LogP contribution in [0.25, 0.3) is 0 Å². The molecule has 0 aliphatic heterocycles. The van der Waals surface area contributed by atoms with Crippen molar-refractivity contribution < 1.29 is 17.9 Å². The molecule has 1 aliphatic carbocycles. The molecule has 6 heteroatoms. The molecule has 1 aliphatic rings. The van der Waals surface area contributed by atoms with E-state index in [-0.39, 0.29) is 0 Å². The lowest BCUT2D eigenvalue weighted by molar-refractivity contribution is -0.167. The summed E-state index contributed by atoms with van der Waals surface area (Å²) in [7, 11) is 0. The van der Waals surface area contributed by atoms with Gasteiger partial charge < -0.3 is 10.5 Å². The smallest absolute Gasteiger partial charge is 0.393 e. The first-order valence-corrected chi connectivity index (χ1v) is 5.26. The van der Waals surface area contributed by atoms with Crippen molar-refractivity contribution in [1.29, 1.82) is 0 Å². The molecule has 0 aromatic heterocycles. The van der Waals surface area contributed by atoms with Crippen molar-refractivity contribution in [3.8, 4) is 0 Å². The van der Waals surface area contributed by atoms with Crippen LogP contribution in [0, 0.1) is 11.8 Å². The van der Waals surface area contributed by atoms with Crippen molar-refractivity contribution in [2.24, 2.45) is 17.6 Å². The van der Waals surface area contributed by atoms with Gasteiger partial charge >= 0.3 is 6.18 Å². The molecule has 0 heterocycles. The Morgan fingerprint density at radius 3 is 2.47 bits per heavy atom. The van der Waals surface area contributed by atoms with Crippen molar-refractivity contribution in [1.82, 2.24) is 0 Å². The summed E-state index contributed by atoms with van der Waals surface area (Å²) in [6.07, 6.45) is -1.23. The molecule has 0 aromatic rings. The molecule has 1 saturated carbocycles. The van der Waals surface area contributed by atoms with Crippen molar-refractivity contribution in [2.45, 2.75) is 25.4 Å². The quantitative estimate of drug-likeness (QED) is 0.572. The minimum Gasteiger partial charge on any atom is -0.393 e. The van der Waals surface area contributed by atoms with Crippen LogP contribution in [-0.4, -0.2) is 24.4 Å². The first-order valence-electron chi connectivity index (χ1n) is 4.85. The molecule has 1 fully saturated rings. The van der Waals surface area contributed by atoms with E-state index in [0.717, 1.165) is 6.42 Å². The fraction of sp³-hybridized carbons (Fsp3) is 0.889. The van der Waals surface area contributed by atoms with Gasteiger partial charge in [-0.1, -0.05) is 25.1 Å². The van der Waals surface area contributed by atoms with E-state index in [1.165, 1.54) is 12.8 Å². The molecule has 1 rings (SSSR count). The number of hydrogen-bond acceptors (Lipinski definition) is 2. The number of thiocarbonyl (C=S) groups is 1. The average molecular weight is 241 g/mol. The van der Waals surface area contributed by atoms with Gasteiger partial charge in [0.05, 0.1) is 11.6 Å². The zero-order valence-electron chi connectivity index (χ0n) is 8.22. The second-order valence-corrected chi connectivity index (χ2v) is 4.27. The van der Waals surface area contributed by atoms with Gasteiger partial charge in [0.25, 0.3) is 0 Å². The highest BCUT2D eigenvalue weighted by Crippen LogP contribution is 2.32. The van der Waals surface area contributed by atoms with Crippen LogP contribution in [0.1, 0.15) is 19.3 Å². The largest absolute Gasteiger partial charge is 0.400 e. The lowest BCUT2D eigenvalue weighted by atomic mass is 10.1. The van der Waals surface area contributed by atoms with Crippen LogP contribution in [0.15, 0.2) is 0 Å². The molecular weight excluding hydrogens is 227 g/mol. The summed E-state index contributed by atoms with van der Waals surface area (Å²) < 4.78 is 41.9. The molecule has 0 bridgehead atoms. The first-order chi connectivity index (χ1) is 6.91. The SMILES string of the molecule is NC(=S)C(COCCC1CC1)C(F)(F)F.